The molecule has 5 fully saturated rings. The standard InChI is InChI=1S/C38H56O2P2.C4H8O.2CHF3O3S.H2O.Pd/c1-39-33-25-15-27-35(41(29-17-7-3-8-18-29)30-19-9-4-10-20-30)37(33)38-34(40-2)26-16-28-36(38)42(31-21-11-5-12-22-31)32-23-13-6-14-24-32;1-2-4-5-3-1;2*2-1(3,4)8(5,6)7;;/h15-16,25-32H,3-14,17-24H2,1-2H3;1-4H2;2*(H,5,6,7);1H2;/q;;;;;+2/p-2. The van der Waals surface area contributed by atoms with Crippen molar-refractivity contribution in [1.82, 2.24) is 0 Å². The summed E-state index contributed by atoms with van der Waals surface area (Å²) in [4.78, 5) is 0. The van der Waals surface area contributed by atoms with Gasteiger partial charge in [-0.3, -0.25) is 0 Å². The van der Waals surface area contributed by atoms with Crippen molar-refractivity contribution in [1.29, 1.82) is 0 Å². The van der Waals surface area contributed by atoms with E-state index in [0.717, 1.165) is 47.3 Å². The molecular formula is C44H66F6O10P2PdS2. The average Bonchev–Trinajstić information content (AvgIpc) is 3.85. The van der Waals surface area contributed by atoms with E-state index in [1.165, 1.54) is 152 Å². The second kappa shape index (κ2) is 28.5. The normalized spacial score (nSPS) is 19.6. The Morgan fingerprint density at radius 1 is 0.508 bits per heavy atom. The summed E-state index contributed by atoms with van der Waals surface area (Å²) in [5.41, 5.74) is -5.00. The number of rotatable bonds is 9. The smallest absolute Gasteiger partial charge is 0.741 e. The largest absolute Gasteiger partial charge is 2.00 e. The van der Waals surface area contributed by atoms with Gasteiger partial charge in [-0.1, -0.05) is 117 Å². The van der Waals surface area contributed by atoms with Crippen molar-refractivity contribution in [2.75, 3.05) is 27.4 Å². The number of hydrogen-bond donors (Lipinski definition) is 0. The molecule has 0 bridgehead atoms. The van der Waals surface area contributed by atoms with Gasteiger partial charge < -0.3 is 28.8 Å². The van der Waals surface area contributed by atoms with Gasteiger partial charge in [0, 0.05) is 24.3 Å². The number of ether oxygens (including phenoxy) is 3. The topological polar surface area (TPSA) is 174 Å². The van der Waals surface area contributed by atoms with E-state index in [1.807, 2.05) is 14.2 Å². The maximum Gasteiger partial charge on any atom is 2.00 e. The Morgan fingerprint density at radius 3 is 0.938 bits per heavy atom. The first kappa shape index (κ1) is 60.0. The van der Waals surface area contributed by atoms with E-state index in [4.69, 9.17) is 40.2 Å². The van der Waals surface area contributed by atoms with E-state index >= 15 is 0 Å². The summed E-state index contributed by atoms with van der Waals surface area (Å²) in [7, 11) is -8.89. The van der Waals surface area contributed by atoms with E-state index < -0.39 is 31.3 Å². The minimum absolute atomic E-state index is 0. The summed E-state index contributed by atoms with van der Waals surface area (Å²) < 4.78 is 135. The van der Waals surface area contributed by atoms with Crippen LogP contribution in [0.1, 0.15) is 141 Å². The van der Waals surface area contributed by atoms with E-state index in [9.17, 15) is 26.3 Å². The van der Waals surface area contributed by atoms with Gasteiger partial charge in [-0.15, -0.1) is 0 Å². The molecule has 21 heteroatoms. The molecule has 65 heavy (non-hydrogen) atoms. The Morgan fingerprint density at radius 2 is 0.754 bits per heavy atom. The molecule has 0 radical (unpaired) electrons. The monoisotopic (exact) mass is 1100 g/mol. The fraction of sp³-hybridized carbons (Fsp3) is 0.727. The quantitative estimate of drug-likeness (QED) is 0.0778. The third-order valence-corrected chi connectivity index (χ3v) is 20.7. The number of alkyl halides is 6. The molecule has 1 aliphatic heterocycles. The fourth-order valence-corrected chi connectivity index (χ4v) is 17.6. The van der Waals surface area contributed by atoms with E-state index in [0.29, 0.717) is 0 Å². The number of hydrogen-bond acceptors (Lipinski definition) is 9. The van der Waals surface area contributed by atoms with Gasteiger partial charge in [0.2, 0.25) is 0 Å². The summed E-state index contributed by atoms with van der Waals surface area (Å²) in [6, 6.07) is 14.2. The van der Waals surface area contributed by atoms with Crippen LogP contribution in [0.5, 0.6) is 11.5 Å². The van der Waals surface area contributed by atoms with Crippen molar-refractivity contribution in [2.45, 2.75) is 175 Å². The molecule has 0 unspecified atom stereocenters. The van der Waals surface area contributed by atoms with E-state index in [-0.39, 0.29) is 41.7 Å². The van der Waals surface area contributed by atoms with Gasteiger partial charge in [0.05, 0.1) is 14.2 Å². The van der Waals surface area contributed by atoms with Crippen LogP contribution >= 0.6 is 15.8 Å². The summed E-state index contributed by atoms with van der Waals surface area (Å²) >= 11 is 0. The molecule has 1 saturated heterocycles. The van der Waals surface area contributed by atoms with Gasteiger partial charge in [-0.25, -0.2) is 16.8 Å². The van der Waals surface area contributed by atoms with Crippen LogP contribution in [0.4, 0.5) is 26.3 Å². The van der Waals surface area contributed by atoms with Gasteiger partial charge in [0.1, 0.15) is 11.5 Å². The summed E-state index contributed by atoms with van der Waals surface area (Å²) in [6.45, 7) is 2.00. The van der Waals surface area contributed by atoms with Gasteiger partial charge in [-0.2, -0.15) is 26.3 Å². The van der Waals surface area contributed by atoms with Crippen molar-refractivity contribution in [3.8, 4) is 22.6 Å². The summed E-state index contributed by atoms with van der Waals surface area (Å²) in [5, 5.41) is 3.30. The van der Waals surface area contributed by atoms with Gasteiger partial charge in [0.25, 0.3) is 0 Å². The van der Waals surface area contributed by atoms with Crippen molar-refractivity contribution >= 4 is 46.7 Å². The Bertz CT molecular complexity index is 1720. The Hall–Kier alpha value is -1.12. The fourth-order valence-electron chi connectivity index (χ4n) is 9.64. The van der Waals surface area contributed by atoms with Crippen LogP contribution in [0.15, 0.2) is 36.4 Å². The van der Waals surface area contributed by atoms with Crippen molar-refractivity contribution in [3.63, 3.8) is 0 Å². The Labute approximate surface area is 398 Å². The molecule has 0 aromatic heterocycles. The molecule has 1 heterocycles. The zero-order chi connectivity index (χ0) is 46.3. The summed E-state index contributed by atoms with van der Waals surface area (Å²) in [6.07, 6.45) is 31.0. The first-order valence-electron chi connectivity index (χ1n) is 22.3. The molecule has 0 atom stereocenters. The first-order chi connectivity index (χ1) is 29.8. The van der Waals surface area contributed by atoms with Gasteiger partial charge in [0.15, 0.2) is 20.2 Å². The van der Waals surface area contributed by atoms with Crippen molar-refractivity contribution in [2.24, 2.45) is 0 Å². The zero-order valence-corrected chi connectivity index (χ0v) is 42.2. The predicted molar refractivity (Wildman–Crippen MR) is 241 cm³/mol. The second-order valence-corrected chi connectivity index (χ2v) is 25.1. The molecule has 376 valence electrons. The third-order valence-electron chi connectivity index (χ3n) is 12.5. The molecule has 5 aliphatic rings. The Kier molecular flexibility index (Phi) is 26.3. The summed E-state index contributed by atoms with van der Waals surface area (Å²) in [5.74, 6) is 2.17. The molecule has 10 nitrogen and oxygen atoms in total. The molecule has 4 aliphatic carbocycles. The van der Waals surface area contributed by atoms with E-state index in [2.05, 4.69) is 36.4 Å². The molecule has 2 aromatic carbocycles. The van der Waals surface area contributed by atoms with E-state index in [1.54, 1.807) is 10.6 Å². The second-order valence-electron chi connectivity index (χ2n) is 16.8. The zero-order valence-electron chi connectivity index (χ0n) is 37.2. The molecule has 2 aromatic rings. The van der Waals surface area contributed by atoms with Crippen LogP contribution in [0.25, 0.3) is 11.1 Å². The van der Waals surface area contributed by atoms with Crippen LogP contribution in [-0.2, 0) is 45.4 Å². The molecule has 4 saturated carbocycles. The number of benzene rings is 2. The van der Waals surface area contributed by atoms with Crippen LogP contribution in [0.3, 0.4) is 0 Å². The number of halogens is 6. The molecule has 2 N–H and O–H groups in total. The average molecular weight is 1100 g/mol. The molecule has 0 spiro atoms. The maximum absolute atomic E-state index is 10.7. The molecular weight excluding hydrogens is 1030 g/mol. The van der Waals surface area contributed by atoms with Crippen molar-refractivity contribution < 1.29 is 92.4 Å². The van der Waals surface area contributed by atoms with Gasteiger partial charge >= 0.3 is 31.4 Å². The minimum atomic E-state index is -6.09. The molecule has 0 amide bonds. The van der Waals surface area contributed by atoms with Crippen LogP contribution in [0, 0.1) is 0 Å². The minimum Gasteiger partial charge on any atom is -0.741 e. The first-order valence-corrected chi connectivity index (χ1v) is 28.1. The number of methoxy groups -OCH3 is 2. The maximum atomic E-state index is 10.7. The van der Waals surface area contributed by atoms with Crippen molar-refractivity contribution in [3.05, 3.63) is 36.4 Å². The third kappa shape index (κ3) is 18.0. The van der Waals surface area contributed by atoms with Crippen LogP contribution in [0.2, 0.25) is 0 Å². The van der Waals surface area contributed by atoms with Gasteiger partial charge in [-0.05, 0) is 110 Å². The SMILES string of the molecule is C1CCOC1.COc1cccc(P(C2CCCCC2)C2CCCCC2)c1-c1c(OC)cccc1P(C1CCCCC1)C1CCCCC1.O.O=S(=O)([O-])C(F)(F)F.O=S(=O)([O-])C(F)(F)F.[Pd+2]. The molecule has 7 rings (SSSR count). The van der Waals surface area contributed by atoms with Crippen LogP contribution < -0.4 is 20.1 Å². The van der Waals surface area contributed by atoms with Crippen LogP contribution in [-0.4, -0.2) is 92.5 Å². The Balaban J connectivity index is 0.000000522. The predicted octanol–water partition coefficient (Wildman–Crippen LogP) is 11.0.